The van der Waals surface area contributed by atoms with Crippen LogP contribution in [0.15, 0.2) is 340 Å². The molecule has 2 nitrogen and oxygen atoms in total. The van der Waals surface area contributed by atoms with Crippen LogP contribution in [0, 0.1) is 0 Å². The number of rotatable bonds is 14. The van der Waals surface area contributed by atoms with Crippen LogP contribution in [0.2, 0.25) is 0 Å². The van der Waals surface area contributed by atoms with E-state index in [1.165, 1.54) is 74.9 Å². The lowest BCUT2D eigenvalue weighted by Crippen LogP contribution is -2.78. The molecule has 0 spiro atoms. The Labute approximate surface area is 471 Å². The quantitative estimate of drug-likeness (QED) is 0.0801. The van der Waals surface area contributed by atoms with Gasteiger partial charge in [0.15, 0.2) is 22.0 Å². The number of hydrogen-bond acceptors (Lipinski definition) is 2. The number of benzene rings is 12. The first kappa shape index (κ1) is 49.7. The van der Waals surface area contributed by atoms with Crippen molar-refractivity contribution in [1.82, 2.24) is 9.97 Å². The highest BCUT2D eigenvalue weighted by atomic mass is 28.3. The van der Waals surface area contributed by atoms with E-state index in [9.17, 15) is 0 Å². The summed E-state index contributed by atoms with van der Waals surface area (Å²) in [5.41, 5.74) is 11.8. The average molecular weight is 1050 g/mol. The smallest absolute Gasteiger partial charge is 0.179 e. The molecule has 12 aromatic carbocycles. The molecule has 0 aliphatic heterocycles. The van der Waals surface area contributed by atoms with E-state index in [1.807, 2.05) is 0 Å². The second kappa shape index (κ2) is 22.2. The third-order valence-electron chi connectivity index (χ3n) is 15.8. The van der Waals surface area contributed by atoms with Crippen LogP contribution in [-0.4, -0.2) is 26.1 Å². The molecule has 0 saturated carbocycles. The standard InChI is InChI=1S/C76H56N2Si2/c1-9-28-57(29-10-1)62-38-25-47-69(50-62)79(66-41-19-6-20-42-66,67-43-21-7-22-44-67)72-53-65(75-56-74(60-34-15-4-16-35-60)77-76(78-75)61-36-17-5-18-37-61)54-73(55-72)80(68-45-23-8-24-46-68,70-48-26-39-63(51-70)58-30-11-2-12-31-58)71-49-27-40-64(52-71)59-32-13-3-14-33-59/h1-56H. The van der Waals surface area contributed by atoms with Crippen LogP contribution in [0.1, 0.15) is 0 Å². The van der Waals surface area contributed by atoms with Crippen molar-refractivity contribution in [3.05, 3.63) is 340 Å². The van der Waals surface area contributed by atoms with Crippen LogP contribution < -0.4 is 41.5 Å². The van der Waals surface area contributed by atoms with Gasteiger partial charge < -0.3 is 0 Å². The molecule has 0 unspecified atom stereocenters. The van der Waals surface area contributed by atoms with Gasteiger partial charge in [-0.3, -0.25) is 0 Å². The summed E-state index contributed by atoms with van der Waals surface area (Å²) < 4.78 is 0. The Hall–Kier alpha value is -9.85. The molecule has 0 aliphatic rings. The summed E-state index contributed by atoms with van der Waals surface area (Å²) in [4.78, 5) is 11.0. The zero-order valence-corrected chi connectivity index (χ0v) is 46.2. The van der Waals surface area contributed by atoms with Gasteiger partial charge in [-0.15, -0.1) is 0 Å². The molecule has 0 saturated heterocycles. The minimum absolute atomic E-state index is 0.678. The van der Waals surface area contributed by atoms with Gasteiger partial charge in [-0.05, 0) is 80.9 Å². The van der Waals surface area contributed by atoms with Gasteiger partial charge in [0.25, 0.3) is 0 Å². The van der Waals surface area contributed by atoms with Gasteiger partial charge in [0.2, 0.25) is 0 Å². The summed E-state index contributed by atoms with van der Waals surface area (Å²) in [5, 5.41) is 10.3. The van der Waals surface area contributed by atoms with E-state index in [-0.39, 0.29) is 0 Å². The Kier molecular flexibility index (Phi) is 13.8. The topological polar surface area (TPSA) is 25.8 Å². The molecule has 13 rings (SSSR count). The van der Waals surface area contributed by atoms with Crippen molar-refractivity contribution in [3.8, 4) is 67.3 Å². The lowest BCUT2D eigenvalue weighted by atomic mass is 10.1. The van der Waals surface area contributed by atoms with Gasteiger partial charge in [0, 0.05) is 16.7 Å². The van der Waals surface area contributed by atoms with Crippen molar-refractivity contribution in [3.63, 3.8) is 0 Å². The van der Waals surface area contributed by atoms with Gasteiger partial charge >= 0.3 is 0 Å². The molecule has 0 atom stereocenters. The molecule has 0 bridgehead atoms. The SMILES string of the molecule is c1ccc(-c2cccc([Si](c3ccccc3)(c3ccccc3)c3cc(-c4cc(-c5ccccc5)nc(-c5ccccc5)n4)cc([Si](c4ccccc4)(c4cccc(-c5ccccc5)c4)c4cccc(-c5ccccc5)c4)c3)c2)cc1. The Morgan fingerprint density at radius 3 is 0.762 bits per heavy atom. The Balaban J connectivity index is 1.22. The maximum atomic E-state index is 5.66. The van der Waals surface area contributed by atoms with Gasteiger partial charge in [0.1, 0.15) is 0 Å². The molecule has 1 heterocycles. The number of nitrogens with zero attached hydrogens (tertiary/aromatic N) is 2. The van der Waals surface area contributed by atoms with Crippen molar-refractivity contribution >= 4 is 57.6 Å². The predicted octanol–water partition coefficient (Wildman–Crippen LogP) is 13.2. The fourth-order valence-electron chi connectivity index (χ4n) is 12.0. The van der Waals surface area contributed by atoms with Crippen molar-refractivity contribution in [1.29, 1.82) is 0 Å². The molecule has 1 aromatic heterocycles. The van der Waals surface area contributed by atoms with E-state index in [1.54, 1.807) is 0 Å². The van der Waals surface area contributed by atoms with Crippen LogP contribution in [0.5, 0.6) is 0 Å². The minimum atomic E-state index is -3.45. The van der Waals surface area contributed by atoms with Crippen LogP contribution in [0.3, 0.4) is 0 Å². The zero-order valence-electron chi connectivity index (χ0n) is 44.2. The monoisotopic (exact) mass is 1050 g/mol. The number of aromatic nitrogens is 2. The first-order chi connectivity index (χ1) is 39.6. The molecule has 0 amide bonds. The van der Waals surface area contributed by atoms with Crippen LogP contribution >= 0.6 is 0 Å². The van der Waals surface area contributed by atoms with E-state index in [0.29, 0.717) is 5.82 Å². The highest BCUT2D eigenvalue weighted by Gasteiger charge is 2.46. The molecule has 0 N–H and O–H groups in total. The summed E-state index contributed by atoms with van der Waals surface area (Å²) in [5.74, 6) is 0.678. The summed E-state index contributed by atoms with van der Waals surface area (Å²) in [7, 11) is -6.79. The van der Waals surface area contributed by atoms with E-state index in [0.717, 1.165) is 28.1 Å². The second-order valence-corrected chi connectivity index (χ2v) is 28.1. The first-order valence-corrected chi connectivity index (χ1v) is 31.5. The maximum Gasteiger partial charge on any atom is 0.179 e. The minimum Gasteiger partial charge on any atom is -0.228 e. The highest BCUT2D eigenvalue weighted by Crippen LogP contribution is 2.30. The van der Waals surface area contributed by atoms with Gasteiger partial charge in [-0.1, -0.05) is 334 Å². The molecular weight excluding hydrogens is 997 g/mol. The first-order valence-electron chi connectivity index (χ1n) is 27.5. The summed E-state index contributed by atoms with van der Waals surface area (Å²) in [6.07, 6.45) is 0. The van der Waals surface area contributed by atoms with E-state index >= 15 is 0 Å². The van der Waals surface area contributed by atoms with Crippen molar-refractivity contribution < 1.29 is 0 Å². The Bertz CT molecular complexity index is 4020. The molecule has 0 aliphatic carbocycles. The van der Waals surface area contributed by atoms with Crippen molar-refractivity contribution in [2.24, 2.45) is 0 Å². The Morgan fingerprint density at radius 2 is 0.412 bits per heavy atom. The van der Waals surface area contributed by atoms with Crippen molar-refractivity contribution in [2.75, 3.05) is 0 Å². The third-order valence-corrected chi connectivity index (χ3v) is 25.2. The number of hydrogen-bond donors (Lipinski definition) is 0. The normalized spacial score (nSPS) is 11.5. The predicted molar refractivity (Wildman–Crippen MR) is 342 cm³/mol. The lowest BCUT2D eigenvalue weighted by Gasteiger charge is -2.39. The summed E-state index contributed by atoms with van der Waals surface area (Å²) in [6, 6.07) is 126. The van der Waals surface area contributed by atoms with E-state index in [2.05, 4.69) is 340 Å². The van der Waals surface area contributed by atoms with E-state index in [4.69, 9.17) is 9.97 Å². The molecule has 13 aromatic rings. The second-order valence-electron chi connectivity index (χ2n) is 20.4. The lowest BCUT2D eigenvalue weighted by molar-refractivity contribution is 1.18. The fraction of sp³-hybridized carbons (Fsp3) is 0. The largest absolute Gasteiger partial charge is 0.228 e. The average Bonchev–Trinajstić information content (AvgIpc) is 3.44. The Morgan fingerprint density at radius 1 is 0.163 bits per heavy atom. The fourth-order valence-corrected chi connectivity index (χ4v) is 21.9. The van der Waals surface area contributed by atoms with Gasteiger partial charge in [-0.2, -0.15) is 0 Å². The molecule has 378 valence electrons. The van der Waals surface area contributed by atoms with E-state index < -0.39 is 16.1 Å². The molecule has 0 radical (unpaired) electrons. The van der Waals surface area contributed by atoms with Crippen LogP contribution in [0.4, 0.5) is 0 Å². The summed E-state index contributed by atoms with van der Waals surface area (Å²) >= 11 is 0. The van der Waals surface area contributed by atoms with Crippen LogP contribution in [-0.2, 0) is 0 Å². The summed E-state index contributed by atoms with van der Waals surface area (Å²) in [6.45, 7) is 0. The molecule has 4 heteroatoms. The zero-order chi connectivity index (χ0) is 53.6. The third kappa shape index (κ3) is 9.47. The maximum absolute atomic E-state index is 5.66. The van der Waals surface area contributed by atoms with Gasteiger partial charge in [-0.25, -0.2) is 9.97 Å². The highest BCUT2D eigenvalue weighted by molar-refractivity contribution is 7.22. The molecule has 0 fully saturated rings. The van der Waals surface area contributed by atoms with Crippen molar-refractivity contribution in [2.45, 2.75) is 0 Å². The molecular formula is C76H56N2Si2. The van der Waals surface area contributed by atoms with Crippen LogP contribution in [0.25, 0.3) is 67.3 Å². The van der Waals surface area contributed by atoms with Gasteiger partial charge in [0.05, 0.1) is 11.4 Å². The molecule has 80 heavy (non-hydrogen) atoms.